The smallest absolute Gasteiger partial charge is 0.191 e. The molecule has 0 bridgehead atoms. The second kappa shape index (κ2) is 8.25. The Balaban J connectivity index is 0.00000182. The van der Waals surface area contributed by atoms with Crippen LogP contribution in [0.5, 0.6) is 0 Å². The number of halogens is 1. The van der Waals surface area contributed by atoms with Gasteiger partial charge in [-0.25, -0.2) is 0 Å². The molecule has 4 unspecified atom stereocenters. The van der Waals surface area contributed by atoms with Gasteiger partial charge in [-0.3, -0.25) is 9.89 Å². The van der Waals surface area contributed by atoms with Crippen LogP contribution in [0.25, 0.3) is 0 Å². The lowest BCUT2D eigenvalue weighted by Gasteiger charge is -2.20. The average molecular weight is 454 g/mol. The van der Waals surface area contributed by atoms with Crippen molar-refractivity contribution in [3.63, 3.8) is 0 Å². The first-order chi connectivity index (χ1) is 11.7. The fourth-order valence-corrected chi connectivity index (χ4v) is 4.02. The van der Waals surface area contributed by atoms with Gasteiger partial charge in [0.05, 0.1) is 0 Å². The second-order valence-corrected chi connectivity index (χ2v) is 7.92. The molecule has 0 amide bonds. The molecule has 3 aliphatic rings. The van der Waals surface area contributed by atoms with E-state index in [4.69, 9.17) is 0 Å². The molecule has 2 saturated carbocycles. The first-order valence-corrected chi connectivity index (χ1v) is 9.50. The van der Waals surface area contributed by atoms with E-state index in [0.29, 0.717) is 18.0 Å². The monoisotopic (exact) mass is 454 g/mol. The van der Waals surface area contributed by atoms with Crippen LogP contribution in [0.4, 0.5) is 0 Å². The Bertz CT molecular complexity index is 587. The van der Waals surface area contributed by atoms with Gasteiger partial charge in [-0.15, -0.1) is 24.0 Å². The molecule has 2 N–H and O–H groups in total. The van der Waals surface area contributed by atoms with Gasteiger partial charge in [0.1, 0.15) is 0 Å². The number of hydrogen-bond donors (Lipinski definition) is 2. The summed E-state index contributed by atoms with van der Waals surface area (Å²) in [5.74, 6) is 2.43. The number of rotatable bonds is 5. The maximum absolute atomic E-state index is 4.47. The molecule has 3 fully saturated rings. The lowest BCUT2D eigenvalue weighted by Crippen LogP contribution is -2.47. The van der Waals surface area contributed by atoms with E-state index in [1.807, 2.05) is 7.05 Å². The zero-order valence-electron chi connectivity index (χ0n) is 15.3. The Morgan fingerprint density at radius 3 is 2.52 bits per heavy atom. The van der Waals surface area contributed by atoms with E-state index >= 15 is 0 Å². The van der Waals surface area contributed by atoms with Gasteiger partial charge >= 0.3 is 0 Å². The Hall–Kier alpha value is -0.820. The molecule has 4 atom stereocenters. The molecule has 1 saturated heterocycles. The maximum Gasteiger partial charge on any atom is 0.191 e. The zero-order valence-corrected chi connectivity index (χ0v) is 17.6. The van der Waals surface area contributed by atoms with Crippen molar-refractivity contribution in [2.75, 3.05) is 20.1 Å². The van der Waals surface area contributed by atoms with Gasteiger partial charge in [-0.1, -0.05) is 37.3 Å². The standard InChI is InChI=1S/C20H30N4.HI/c1-14-12-24(17-8-9-17)13-19(14)23-20(21-2)22-18-11-16(18)10-15-6-4-3-5-7-15;/h3-7,14,16-19H,8-13H2,1-2H3,(H2,21,22,23);1H. The minimum absolute atomic E-state index is 0. The second-order valence-electron chi connectivity index (χ2n) is 7.92. The summed E-state index contributed by atoms with van der Waals surface area (Å²) in [4.78, 5) is 7.13. The van der Waals surface area contributed by atoms with E-state index in [1.54, 1.807) is 0 Å². The number of benzene rings is 1. The molecule has 4 rings (SSSR count). The quantitative estimate of drug-likeness (QED) is 0.409. The van der Waals surface area contributed by atoms with E-state index in [1.165, 1.54) is 44.3 Å². The molecule has 0 radical (unpaired) electrons. The predicted octanol–water partition coefficient (Wildman–Crippen LogP) is 2.88. The largest absolute Gasteiger partial charge is 0.353 e. The Kier molecular flexibility index (Phi) is 6.25. The molecule has 1 aromatic rings. The molecule has 5 heteroatoms. The molecule has 4 nitrogen and oxygen atoms in total. The van der Waals surface area contributed by atoms with Crippen molar-refractivity contribution >= 4 is 29.9 Å². The first-order valence-electron chi connectivity index (χ1n) is 9.50. The fraction of sp³-hybridized carbons (Fsp3) is 0.650. The number of guanidine groups is 1. The number of nitrogens with one attached hydrogen (secondary N) is 2. The SMILES string of the molecule is CN=C(NC1CN(C2CC2)CC1C)NC1CC1Cc1ccccc1.I. The maximum atomic E-state index is 4.47. The summed E-state index contributed by atoms with van der Waals surface area (Å²) in [6.07, 6.45) is 5.22. The molecule has 1 aliphatic heterocycles. The van der Waals surface area contributed by atoms with Crippen molar-refractivity contribution < 1.29 is 0 Å². The van der Waals surface area contributed by atoms with Crippen LogP contribution in [0.15, 0.2) is 35.3 Å². The summed E-state index contributed by atoms with van der Waals surface area (Å²) >= 11 is 0. The average Bonchev–Trinajstić information content (AvgIpc) is 3.50. The third kappa shape index (κ3) is 4.88. The van der Waals surface area contributed by atoms with Crippen LogP contribution in [-0.2, 0) is 6.42 Å². The van der Waals surface area contributed by atoms with E-state index in [2.05, 4.69) is 57.8 Å². The summed E-state index contributed by atoms with van der Waals surface area (Å²) < 4.78 is 0. The molecular formula is C20H31IN4. The Morgan fingerprint density at radius 2 is 1.84 bits per heavy atom. The lowest BCUT2D eigenvalue weighted by molar-refractivity contribution is 0.315. The number of nitrogens with zero attached hydrogens (tertiary/aromatic N) is 2. The van der Waals surface area contributed by atoms with Crippen molar-refractivity contribution in [1.29, 1.82) is 0 Å². The normalized spacial score (nSPS) is 32.2. The highest BCUT2D eigenvalue weighted by Gasteiger charge is 2.40. The van der Waals surface area contributed by atoms with Crippen molar-refractivity contribution in [3.8, 4) is 0 Å². The summed E-state index contributed by atoms with van der Waals surface area (Å²) in [5, 5.41) is 7.32. The molecule has 2 aliphatic carbocycles. The van der Waals surface area contributed by atoms with Crippen molar-refractivity contribution in [2.24, 2.45) is 16.8 Å². The Morgan fingerprint density at radius 1 is 1.12 bits per heavy atom. The molecular weight excluding hydrogens is 423 g/mol. The van der Waals surface area contributed by atoms with Gasteiger partial charge in [0.2, 0.25) is 0 Å². The van der Waals surface area contributed by atoms with Gasteiger partial charge < -0.3 is 10.6 Å². The van der Waals surface area contributed by atoms with E-state index < -0.39 is 0 Å². The van der Waals surface area contributed by atoms with Crippen LogP contribution >= 0.6 is 24.0 Å². The third-order valence-corrected chi connectivity index (χ3v) is 5.83. The van der Waals surface area contributed by atoms with Gasteiger partial charge in [0.25, 0.3) is 0 Å². The van der Waals surface area contributed by atoms with Crippen LogP contribution in [-0.4, -0.2) is 49.1 Å². The topological polar surface area (TPSA) is 39.7 Å². The van der Waals surface area contributed by atoms with Crippen molar-refractivity contribution in [3.05, 3.63) is 35.9 Å². The minimum Gasteiger partial charge on any atom is -0.353 e. The molecule has 138 valence electrons. The fourth-order valence-electron chi connectivity index (χ4n) is 4.02. The highest BCUT2D eigenvalue weighted by atomic mass is 127. The zero-order chi connectivity index (χ0) is 16.5. The summed E-state index contributed by atoms with van der Waals surface area (Å²) in [5.41, 5.74) is 1.44. The van der Waals surface area contributed by atoms with Crippen LogP contribution in [0.3, 0.4) is 0 Å². The lowest BCUT2D eigenvalue weighted by atomic mass is 10.1. The number of likely N-dealkylation sites (tertiary alicyclic amines) is 1. The molecule has 25 heavy (non-hydrogen) atoms. The predicted molar refractivity (Wildman–Crippen MR) is 115 cm³/mol. The minimum atomic E-state index is 0. The molecule has 1 heterocycles. The summed E-state index contributed by atoms with van der Waals surface area (Å²) in [6.45, 7) is 4.77. The van der Waals surface area contributed by atoms with E-state index in [-0.39, 0.29) is 24.0 Å². The van der Waals surface area contributed by atoms with Gasteiger partial charge in [-0.2, -0.15) is 0 Å². The molecule has 0 spiro atoms. The van der Waals surface area contributed by atoms with Gasteiger partial charge in [-0.05, 0) is 43.1 Å². The van der Waals surface area contributed by atoms with Crippen molar-refractivity contribution in [1.82, 2.24) is 15.5 Å². The summed E-state index contributed by atoms with van der Waals surface area (Å²) in [6, 6.07) is 12.8. The highest BCUT2D eigenvalue weighted by Crippen LogP contribution is 2.34. The van der Waals surface area contributed by atoms with Crippen LogP contribution in [0, 0.1) is 11.8 Å². The summed E-state index contributed by atoms with van der Waals surface area (Å²) in [7, 11) is 1.89. The number of aliphatic imine (C=N–C) groups is 1. The van der Waals surface area contributed by atoms with Crippen LogP contribution in [0.1, 0.15) is 31.7 Å². The molecule has 0 aromatic heterocycles. The highest BCUT2D eigenvalue weighted by molar-refractivity contribution is 14.0. The van der Waals surface area contributed by atoms with E-state index in [0.717, 1.165) is 17.9 Å². The van der Waals surface area contributed by atoms with Crippen LogP contribution < -0.4 is 10.6 Å². The molecule has 1 aromatic carbocycles. The van der Waals surface area contributed by atoms with Crippen LogP contribution in [0.2, 0.25) is 0 Å². The van der Waals surface area contributed by atoms with Gasteiger partial charge in [0.15, 0.2) is 5.96 Å². The third-order valence-electron chi connectivity index (χ3n) is 5.83. The van der Waals surface area contributed by atoms with Gasteiger partial charge in [0, 0.05) is 38.3 Å². The van der Waals surface area contributed by atoms with Crippen molar-refractivity contribution in [2.45, 2.75) is 50.7 Å². The van der Waals surface area contributed by atoms with E-state index in [9.17, 15) is 0 Å². The number of hydrogen-bond acceptors (Lipinski definition) is 2. The first kappa shape index (κ1) is 19.0. The Labute approximate surface area is 168 Å².